The second kappa shape index (κ2) is 4.83. The van der Waals surface area contributed by atoms with Crippen molar-refractivity contribution in [2.45, 2.75) is 13.8 Å². The summed E-state index contributed by atoms with van der Waals surface area (Å²) in [4.78, 5) is 8.04. The Hall–Kier alpha value is -2.43. The van der Waals surface area contributed by atoms with Gasteiger partial charge in [-0.25, -0.2) is 4.98 Å². The third-order valence-corrected chi connectivity index (χ3v) is 2.44. The van der Waals surface area contributed by atoms with Crippen LogP contribution in [0, 0.1) is 19.3 Å². The predicted octanol–water partition coefficient (Wildman–Crippen LogP) is 2.17. The zero-order valence-electron chi connectivity index (χ0n) is 10.3. The van der Waals surface area contributed by atoms with Gasteiger partial charge in [-0.05, 0) is 31.5 Å². The first-order valence-corrected chi connectivity index (χ1v) is 5.49. The fourth-order valence-electron chi connectivity index (χ4n) is 1.55. The molecule has 1 aromatic carbocycles. The average molecular weight is 242 g/mol. The van der Waals surface area contributed by atoms with Gasteiger partial charge in [-0.1, -0.05) is 17.7 Å². The van der Waals surface area contributed by atoms with Crippen LogP contribution in [-0.2, 0) is 0 Å². The summed E-state index contributed by atoms with van der Waals surface area (Å²) >= 11 is 0. The highest BCUT2D eigenvalue weighted by Crippen LogP contribution is 2.23. The molecule has 0 fully saturated rings. The normalized spacial score (nSPS) is 10.1. The van der Waals surface area contributed by atoms with E-state index in [-0.39, 0.29) is 11.8 Å². The van der Waals surface area contributed by atoms with Gasteiger partial charge >= 0.3 is 6.01 Å². The van der Waals surface area contributed by atoms with Crippen LogP contribution in [0.5, 0.6) is 11.8 Å². The Morgan fingerprint density at radius 3 is 2.72 bits per heavy atom. The van der Waals surface area contributed by atoms with Gasteiger partial charge in [0, 0.05) is 6.20 Å². The number of nitrogens with zero attached hydrogens (tertiary/aromatic N) is 2. The van der Waals surface area contributed by atoms with Crippen molar-refractivity contribution < 1.29 is 4.74 Å². The first-order chi connectivity index (χ1) is 8.56. The van der Waals surface area contributed by atoms with E-state index in [1.54, 1.807) is 6.07 Å². The molecule has 2 rings (SSSR count). The molecule has 3 N–H and O–H groups in total. The van der Waals surface area contributed by atoms with Gasteiger partial charge in [0.2, 0.25) is 0 Å². The highest BCUT2D eigenvalue weighted by Gasteiger charge is 2.06. The van der Waals surface area contributed by atoms with Crippen molar-refractivity contribution in [3.8, 4) is 11.8 Å². The molecule has 0 amide bonds. The second-order valence-corrected chi connectivity index (χ2v) is 4.01. The van der Waals surface area contributed by atoms with Crippen molar-refractivity contribution in [1.29, 1.82) is 5.41 Å². The molecule has 0 aliphatic carbocycles. The van der Waals surface area contributed by atoms with Crippen LogP contribution in [0.3, 0.4) is 0 Å². The SMILES string of the molecule is Cc1ccc(Oc2nccc(C(=N)N)n2)c(C)c1. The van der Waals surface area contributed by atoms with Crippen LogP contribution in [0.15, 0.2) is 30.5 Å². The minimum atomic E-state index is -0.108. The van der Waals surface area contributed by atoms with Gasteiger partial charge < -0.3 is 10.5 Å². The van der Waals surface area contributed by atoms with Gasteiger partial charge in [-0.2, -0.15) is 4.98 Å². The van der Waals surface area contributed by atoms with Crippen molar-refractivity contribution in [1.82, 2.24) is 9.97 Å². The summed E-state index contributed by atoms with van der Waals surface area (Å²) in [6.07, 6.45) is 1.52. The monoisotopic (exact) mass is 242 g/mol. The largest absolute Gasteiger partial charge is 0.424 e. The Kier molecular flexibility index (Phi) is 3.23. The van der Waals surface area contributed by atoms with E-state index >= 15 is 0 Å². The van der Waals surface area contributed by atoms with Crippen LogP contribution in [0.4, 0.5) is 0 Å². The Labute approximate surface area is 105 Å². The molecule has 0 atom stereocenters. The maximum absolute atomic E-state index is 7.31. The number of nitrogens with one attached hydrogen (secondary N) is 1. The van der Waals surface area contributed by atoms with Crippen LogP contribution >= 0.6 is 0 Å². The van der Waals surface area contributed by atoms with Crippen LogP contribution in [0.25, 0.3) is 0 Å². The molecule has 92 valence electrons. The molecule has 0 radical (unpaired) electrons. The Morgan fingerprint density at radius 2 is 2.06 bits per heavy atom. The van der Waals surface area contributed by atoms with Gasteiger partial charge in [0.15, 0.2) is 0 Å². The summed E-state index contributed by atoms with van der Waals surface area (Å²) in [5.41, 5.74) is 7.89. The molecule has 0 saturated carbocycles. The van der Waals surface area contributed by atoms with Crippen LogP contribution < -0.4 is 10.5 Å². The zero-order valence-corrected chi connectivity index (χ0v) is 10.3. The van der Waals surface area contributed by atoms with Crippen molar-refractivity contribution in [2.24, 2.45) is 5.73 Å². The second-order valence-electron chi connectivity index (χ2n) is 4.01. The number of nitrogens with two attached hydrogens (primary N) is 1. The van der Waals surface area contributed by atoms with Gasteiger partial charge in [0.25, 0.3) is 0 Å². The molecule has 5 heteroatoms. The van der Waals surface area contributed by atoms with Crippen LogP contribution in [0.1, 0.15) is 16.8 Å². The van der Waals surface area contributed by atoms with E-state index in [1.165, 1.54) is 11.8 Å². The minimum Gasteiger partial charge on any atom is -0.424 e. The Morgan fingerprint density at radius 1 is 1.28 bits per heavy atom. The lowest BCUT2D eigenvalue weighted by Gasteiger charge is -2.08. The van der Waals surface area contributed by atoms with E-state index in [0.717, 1.165) is 5.56 Å². The highest BCUT2D eigenvalue weighted by atomic mass is 16.5. The lowest BCUT2D eigenvalue weighted by Crippen LogP contribution is -2.13. The van der Waals surface area contributed by atoms with Crippen molar-refractivity contribution in [3.63, 3.8) is 0 Å². The summed E-state index contributed by atoms with van der Waals surface area (Å²) in [7, 11) is 0. The fourth-order valence-corrected chi connectivity index (χ4v) is 1.55. The summed E-state index contributed by atoms with van der Waals surface area (Å²) in [5, 5.41) is 7.31. The molecule has 0 bridgehead atoms. The molecule has 0 aliphatic heterocycles. The van der Waals surface area contributed by atoms with Crippen molar-refractivity contribution in [3.05, 3.63) is 47.3 Å². The third kappa shape index (κ3) is 2.63. The average Bonchev–Trinajstić information content (AvgIpc) is 2.33. The minimum absolute atomic E-state index is 0.108. The van der Waals surface area contributed by atoms with E-state index < -0.39 is 0 Å². The van der Waals surface area contributed by atoms with E-state index in [4.69, 9.17) is 15.9 Å². The lowest BCUT2D eigenvalue weighted by molar-refractivity contribution is 0.438. The van der Waals surface area contributed by atoms with E-state index in [1.807, 2.05) is 32.0 Å². The number of benzene rings is 1. The number of nitrogen functional groups attached to an aromatic ring is 1. The maximum atomic E-state index is 7.31. The first-order valence-electron chi connectivity index (χ1n) is 5.49. The van der Waals surface area contributed by atoms with E-state index in [2.05, 4.69) is 9.97 Å². The van der Waals surface area contributed by atoms with Crippen molar-refractivity contribution in [2.75, 3.05) is 0 Å². The van der Waals surface area contributed by atoms with Gasteiger partial charge in [0.1, 0.15) is 17.3 Å². The third-order valence-electron chi connectivity index (χ3n) is 2.44. The molecular formula is C13H14N4O. The molecule has 0 unspecified atom stereocenters. The molecule has 0 spiro atoms. The summed E-state index contributed by atoms with van der Waals surface area (Å²) in [6.45, 7) is 3.97. The maximum Gasteiger partial charge on any atom is 0.322 e. The van der Waals surface area contributed by atoms with Crippen molar-refractivity contribution >= 4 is 5.84 Å². The van der Waals surface area contributed by atoms with Crippen LogP contribution in [0.2, 0.25) is 0 Å². The van der Waals surface area contributed by atoms with E-state index in [0.29, 0.717) is 11.4 Å². The number of hydrogen-bond acceptors (Lipinski definition) is 4. The summed E-state index contributed by atoms with van der Waals surface area (Å²) in [5.74, 6) is 0.587. The number of rotatable bonds is 3. The molecule has 18 heavy (non-hydrogen) atoms. The number of aryl methyl sites for hydroxylation is 2. The molecule has 1 aromatic heterocycles. The van der Waals surface area contributed by atoms with Gasteiger partial charge in [-0.15, -0.1) is 0 Å². The quantitative estimate of drug-likeness (QED) is 0.638. The molecular weight excluding hydrogens is 228 g/mol. The molecule has 0 aliphatic rings. The Balaban J connectivity index is 2.28. The van der Waals surface area contributed by atoms with Crippen LogP contribution in [-0.4, -0.2) is 15.8 Å². The first kappa shape index (κ1) is 12.0. The van der Waals surface area contributed by atoms with Gasteiger partial charge in [0.05, 0.1) is 0 Å². The standard InChI is InChI=1S/C13H14N4O/c1-8-3-4-11(9(2)7-8)18-13-16-6-5-10(17-13)12(14)15/h3-7H,1-2H3,(H3,14,15). The highest BCUT2D eigenvalue weighted by molar-refractivity contribution is 5.92. The number of ether oxygens (including phenoxy) is 1. The molecule has 2 aromatic rings. The van der Waals surface area contributed by atoms with E-state index in [9.17, 15) is 0 Å². The summed E-state index contributed by atoms with van der Waals surface area (Å²) in [6, 6.07) is 7.60. The topological polar surface area (TPSA) is 84.9 Å². The van der Waals surface area contributed by atoms with Gasteiger partial charge in [-0.3, -0.25) is 5.41 Å². The fraction of sp³-hybridized carbons (Fsp3) is 0.154. The summed E-state index contributed by atoms with van der Waals surface area (Å²) < 4.78 is 5.58. The zero-order chi connectivity index (χ0) is 13.1. The molecule has 0 saturated heterocycles. The smallest absolute Gasteiger partial charge is 0.322 e. The Bertz CT molecular complexity index is 595. The molecule has 5 nitrogen and oxygen atoms in total. The molecule has 1 heterocycles. The lowest BCUT2D eigenvalue weighted by atomic mass is 10.1. The number of hydrogen-bond donors (Lipinski definition) is 2. The predicted molar refractivity (Wildman–Crippen MR) is 69.0 cm³/mol. The number of aromatic nitrogens is 2. The number of amidine groups is 1.